The zero-order chi connectivity index (χ0) is 27.2. The summed E-state index contributed by atoms with van der Waals surface area (Å²) in [5.41, 5.74) is 2.58. The first kappa shape index (κ1) is 27.8. The Morgan fingerprint density at radius 3 is 2.18 bits per heavy atom. The summed E-state index contributed by atoms with van der Waals surface area (Å²) in [5, 5.41) is 25.6. The van der Waals surface area contributed by atoms with E-state index in [1.807, 2.05) is 18.2 Å². The molecule has 4 rings (SSSR count). The average molecular weight is 582 g/mol. The summed E-state index contributed by atoms with van der Waals surface area (Å²) in [6, 6.07) is 11.5. The van der Waals surface area contributed by atoms with Gasteiger partial charge in [0, 0.05) is 39.4 Å². The molecule has 0 saturated heterocycles. The fourth-order valence-electron chi connectivity index (χ4n) is 5.32. The topological polar surface area (TPSA) is 110 Å². The zero-order valence-corrected chi connectivity index (χ0v) is 23.2. The SMILES string of the molecule is CCCCCCCCCCCC1=C(O)C2=C(C(=O)C1=O)C(c1ccc([N+](=O)[O-])cc1)c1cc(Br)ccc1N2. The van der Waals surface area contributed by atoms with E-state index in [9.17, 15) is 24.8 Å². The van der Waals surface area contributed by atoms with Crippen LogP contribution < -0.4 is 5.32 Å². The zero-order valence-electron chi connectivity index (χ0n) is 21.6. The molecule has 0 spiro atoms. The van der Waals surface area contributed by atoms with E-state index in [2.05, 4.69) is 28.2 Å². The van der Waals surface area contributed by atoms with Crippen LogP contribution in [-0.2, 0) is 9.59 Å². The van der Waals surface area contributed by atoms with E-state index in [1.165, 1.54) is 44.2 Å². The normalized spacial score (nSPS) is 16.8. The highest BCUT2D eigenvalue weighted by Crippen LogP contribution is 2.47. The average Bonchev–Trinajstić information content (AvgIpc) is 2.91. The summed E-state index contributed by atoms with van der Waals surface area (Å²) in [7, 11) is 0. The molecule has 2 N–H and O–H groups in total. The van der Waals surface area contributed by atoms with Crippen LogP contribution >= 0.6 is 15.9 Å². The first-order chi connectivity index (χ1) is 18.3. The van der Waals surface area contributed by atoms with E-state index in [0.29, 0.717) is 17.7 Å². The maximum atomic E-state index is 13.5. The minimum Gasteiger partial charge on any atom is -0.505 e. The van der Waals surface area contributed by atoms with Crippen LogP contribution in [0, 0.1) is 10.1 Å². The second-order valence-corrected chi connectivity index (χ2v) is 10.9. The van der Waals surface area contributed by atoms with Gasteiger partial charge in [-0.3, -0.25) is 19.7 Å². The molecule has 1 heterocycles. The van der Waals surface area contributed by atoms with Crippen molar-refractivity contribution in [2.45, 2.75) is 77.0 Å². The third-order valence-electron chi connectivity index (χ3n) is 7.36. The van der Waals surface area contributed by atoms with Crippen molar-refractivity contribution in [1.29, 1.82) is 0 Å². The van der Waals surface area contributed by atoms with E-state index in [0.717, 1.165) is 35.7 Å². The number of unbranched alkanes of at least 4 members (excludes halogenated alkanes) is 8. The number of aliphatic hydroxyl groups excluding tert-OH is 1. The van der Waals surface area contributed by atoms with E-state index in [1.54, 1.807) is 12.1 Å². The lowest BCUT2D eigenvalue weighted by Crippen LogP contribution is -2.34. The Morgan fingerprint density at radius 2 is 1.55 bits per heavy atom. The maximum absolute atomic E-state index is 13.5. The van der Waals surface area contributed by atoms with E-state index in [-0.39, 0.29) is 28.3 Å². The number of ketones is 2. The third-order valence-corrected chi connectivity index (χ3v) is 7.85. The van der Waals surface area contributed by atoms with Gasteiger partial charge in [0.05, 0.1) is 10.6 Å². The van der Waals surface area contributed by atoms with Crippen molar-refractivity contribution in [3.05, 3.63) is 90.8 Å². The van der Waals surface area contributed by atoms with Crippen LogP contribution in [0.4, 0.5) is 11.4 Å². The van der Waals surface area contributed by atoms with Crippen LogP contribution in [0.15, 0.2) is 69.5 Å². The van der Waals surface area contributed by atoms with Gasteiger partial charge in [0.2, 0.25) is 11.6 Å². The number of halogens is 1. The van der Waals surface area contributed by atoms with Crippen LogP contribution in [0.25, 0.3) is 0 Å². The molecule has 200 valence electrons. The number of hydrogen-bond donors (Lipinski definition) is 2. The predicted molar refractivity (Wildman–Crippen MR) is 151 cm³/mol. The van der Waals surface area contributed by atoms with Gasteiger partial charge in [0.15, 0.2) is 0 Å². The van der Waals surface area contributed by atoms with E-state index >= 15 is 0 Å². The Balaban J connectivity index is 1.59. The maximum Gasteiger partial charge on any atom is 0.269 e. The molecule has 8 heteroatoms. The molecule has 0 amide bonds. The molecule has 1 atom stereocenters. The van der Waals surface area contributed by atoms with Crippen LogP contribution in [0.5, 0.6) is 0 Å². The third kappa shape index (κ3) is 5.90. The lowest BCUT2D eigenvalue weighted by molar-refractivity contribution is -0.384. The molecule has 0 radical (unpaired) electrons. The fourth-order valence-corrected chi connectivity index (χ4v) is 5.70. The molecule has 0 fully saturated rings. The fraction of sp³-hybridized carbons (Fsp3) is 0.400. The van der Waals surface area contributed by atoms with Crippen molar-refractivity contribution in [1.82, 2.24) is 0 Å². The number of nitrogens with zero attached hydrogens (tertiary/aromatic N) is 1. The van der Waals surface area contributed by atoms with Crippen molar-refractivity contribution >= 4 is 38.9 Å². The van der Waals surface area contributed by atoms with Gasteiger partial charge >= 0.3 is 0 Å². The van der Waals surface area contributed by atoms with Crippen LogP contribution in [0.1, 0.15) is 88.2 Å². The van der Waals surface area contributed by atoms with E-state index in [4.69, 9.17) is 0 Å². The van der Waals surface area contributed by atoms with Crippen LogP contribution in [-0.4, -0.2) is 21.6 Å². The monoisotopic (exact) mass is 580 g/mol. The van der Waals surface area contributed by atoms with E-state index < -0.39 is 22.4 Å². The Bertz CT molecular complexity index is 1300. The molecule has 2 aromatic carbocycles. The standard InChI is InChI=1S/C30H33BrN2O5/c1-2-3-4-5-6-7-8-9-10-11-22-28(34)27-26(30(36)29(22)35)25(19-12-15-21(16-13-19)33(37)38)23-18-20(31)14-17-24(23)32-27/h12-18,25,32,34H,2-11H2,1H3. The van der Waals surface area contributed by atoms with Gasteiger partial charge in [-0.2, -0.15) is 0 Å². The first-order valence-corrected chi connectivity index (χ1v) is 14.2. The van der Waals surface area contributed by atoms with Crippen LogP contribution in [0.3, 0.4) is 0 Å². The second-order valence-electron chi connectivity index (χ2n) is 9.99. The number of carbonyl (C=O) groups excluding carboxylic acids is 2. The van der Waals surface area contributed by atoms with Gasteiger partial charge in [-0.05, 0) is 42.2 Å². The Kier molecular flexibility index (Phi) is 9.15. The quantitative estimate of drug-likeness (QED) is 0.0863. The van der Waals surface area contributed by atoms with Crippen molar-refractivity contribution in [2.24, 2.45) is 0 Å². The van der Waals surface area contributed by atoms with Crippen molar-refractivity contribution in [3.8, 4) is 0 Å². The molecular weight excluding hydrogens is 548 g/mol. The van der Waals surface area contributed by atoms with Crippen molar-refractivity contribution < 1.29 is 19.6 Å². The number of nitrogens with one attached hydrogen (secondary N) is 1. The lowest BCUT2D eigenvalue weighted by atomic mass is 9.74. The van der Waals surface area contributed by atoms with Crippen molar-refractivity contribution in [2.75, 3.05) is 5.32 Å². The number of aliphatic hydroxyl groups is 1. The number of nitro groups is 1. The van der Waals surface area contributed by atoms with Gasteiger partial charge in [0.25, 0.3) is 5.69 Å². The molecule has 38 heavy (non-hydrogen) atoms. The summed E-state index contributed by atoms with van der Waals surface area (Å²) < 4.78 is 0.786. The summed E-state index contributed by atoms with van der Waals surface area (Å²) in [4.78, 5) is 37.4. The molecule has 1 aliphatic heterocycles. The minimum atomic E-state index is -0.673. The number of nitro benzene ring substituents is 1. The molecular formula is C30H33BrN2O5. The largest absolute Gasteiger partial charge is 0.505 e. The van der Waals surface area contributed by atoms with Crippen molar-refractivity contribution in [3.63, 3.8) is 0 Å². The highest BCUT2D eigenvalue weighted by atomic mass is 79.9. The van der Waals surface area contributed by atoms with Gasteiger partial charge < -0.3 is 10.4 Å². The Labute approximate surface area is 231 Å². The number of non-ortho nitro benzene ring substituents is 1. The van der Waals surface area contributed by atoms with Gasteiger partial charge in [0.1, 0.15) is 5.76 Å². The Morgan fingerprint density at radius 1 is 0.921 bits per heavy atom. The highest BCUT2D eigenvalue weighted by Gasteiger charge is 2.42. The number of carbonyl (C=O) groups is 2. The molecule has 0 saturated carbocycles. The first-order valence-electron chi connectivity index (χ1n) is 13.4. The molecule has 0 aromatic heterocycles. The molecule has 2 aromatic rings. The predicted octanol–water partition coefficient (Wildman–Crippen LogP) is 8.05. The smallest absolute Gasteiger partial charge is 0.269 e. The van der Waals surface area contributed by atoms with Gasteiger partial charge in [-0.25, -0.2) is 0 Å². The van der Waals surface area contributed by atoms with Gasteiger partial charge in [-0.1, -0.05) is 86.4 Å². The summed E-state index contributed by atoms with van der Waals surface area (Å²) in [5.74, 6) is -2.16. The second kappa shape index (κ2) is 12.5. The molecule has 1 unspecified atom stereocenters. The van der Waals surface area contributed by atoms with Gasteiger partial charge in [-0.15, -0.1) is 0 Å². The minimum absolute atomic E-state index is 0.0663. The molecule has 7 nitrogen and oxygen atoms in total. The molecule has 1 aliphatic carbocycles. The summed E-state index contributed by atoms with van der Waals surface area (Å²) in [6.07, 6.45) is 10.5. The summed E-state index contributed by atoms with van der Waals surface area (Å²) >= 11 is 3.48. The molecule has 2 aliphatic rings. The number of anilines is 1. The number of benzene rings is 2. The number of allylic oxidation sites excluding steroid dienone is 2. The highest BCUT2D eigenvalue weighted by molar-refractivity contribution is 9.10. The lowest BCUT2D eigenvalue weighted by Gasteiger charge is -2.34. The number of Topliss-reactive ketones (excluding diaryl/α,β-unsaturated/α-hetero) is 2. The number of fused-ring (bicyclic) bond motifs is 1. The van der Waals surface area contributed by atoms with Crippen LogP contribution in [0.2, 0.25) is 0 Å². The Hall–Kier alpha value is -3.26. The summed E-state index contributed by atoms with van der Waals surface area (Å²) in [6.45, 7) is 2.21. The molecule has 0 bridgehead atoms. The number of hydrogen-bond acceptors (Lipinski definition) is 6. The number of rotatable bonds is 12.